The summed E-state index contributed by atoms with van der Waals surface area (Å²) in [7, 11) is 1.20. The standard InChI is InChI=1S/C10H13F3O3/c1-4-8(16-10(11,12)13)6-5-7(2)9(14)15-3/h4-7H,1-3H3/b6-5-,8-4+. The van der Waals surface area contributed by atoms with Crippen molar-refractivity contribution in [3.05, 3.63) is 24.0 Å². The number of halogens is 3. The van der Waals surface area contributed by atoms with E-state index in [-0.39, 0.29) is 5.76 Å². The molecule has 0 heterocycles. The van der Waals surface area contributed by atoms with E-state index in [1.54, 1.807) is 0 Å². The van der Waals surface area contributed by atoms with Gasteiger partial charge in [0.1, 0.15) is 5.76 Å². The molecule has 0 aliphatic heterocycles. The van der Waals surface area contributed by atoms with Crippen LogP contribution < -0.4 is 0 Å². The molecule has 0 N–H and O–H groups in total. The van der Waals surface area contributed by atoms with Crippen molar-refractivity contribution < 1.29 is 27.4 Å². The van der Waals surface area contributed by atoms with Crippen LogP contribution in [0.3, 0.4) is 0 Å². The number of hydrogen-bond acceptors (Lipinski definition) is 3. The molecule has 92 valence electrons. The van der Waals surface area contributed by atoms with Gasteiger partial charge in [0.2, 0.25) is 0 Å². The van der Waals surface area contributed by atoms with Crippen LogP contribution in [0, 0.1) is 5.92 Å². The largest absolute Gasteiger partial charge is 0.573 e. The molecule has 3 nitrogen and oxygen atoms in total. The first kappa shape index (κ1) is 14.5. The number of ether oxygens (including phenoxy) is 2. The van der Waals surface area contributed by atoms with Crippen LogP contribution >= 0.6 is 0 Å². The summed E-state index contributed by atoms with van der Waals surface area (Å²) >= 11 is 0. The van der Waals surface area contributed by atoms with Crippen LogP contribution in [0.4, 0.5) is 13.2 Å². The lowest BCUT2D eigenvalue weighted by atomic mass is 10.1. The number of alkyl halides is 3. The van der Waals surface area contributed by atoms with E-state index in [2.05, 4.69) is 9.47 Å². The van der Waals surface area contributed by atoms with Gasteiger partial charge in [-0.15, -0.1) is 13.2 Å². The minimum absolute atomic E-state index is 0.372. The Morgan fingerprint density at radius 1 is 1.38 bits per heavy atom. The zero-order valence-electron chi connectivity index (χ0n) is 9.17. The first-order valence-electron chi connectivity index (χ1n) is 4.48. The molecule has 6 heteroatoms. The van der Waals surface area contributed by atoms with Crippen LogP contribution in [-0.4, -0.2) is 19.4 Å². The Labute approximate surface area is 91.5 Å². The van der Waals surface area contributed by atoms with Gasteiger partial charge in [0.05, 0.1) is 13.0 Å². The van der Waals surface area contributed by atoms with Crippen molar-refractivity contribution in [1.29, 1.82) is 0 Å². The Kier molecular flexibility index (Phi) is 5.63. The van der Waals surface area contributed by atoms with Crippen LogP contribution in [0.15, 0.2) is 24.0 Å². The minimum atomic E-state index is -4.74. The highest BCUT2D eigenvalue weighted by Crippen LogP contribution is 2.21. The van der Waals surface area contributed by atoms with Crippen molar-refractivity contribution in [3.63, 3.8) is 0 Å². The van der Waals surface area contributed by atoms with Crippen LogP contribution in [0.2, 0.25) is 0 Å². The van der Waals surface area contributed by atoms with Gasteiger partial charge in [-0.3, -0.25) is 4.79 Å². The zero-order valence-corrected chi connectivity index (χ0v) is 9.17. The van der Waals surface area contributed by atoms with Gasteiger partial charge in [0, 0.05) is 0 Å². The van der Waals surface area contributed by atoms with Gasteiger partial charge >= 0.3 is 12.3 Å². The fourth-order valence-corrected chi connectivity index (χ4v) is 0.826. The molecule has 0 radical (unpaired) electrons. The molecule has 1 atom stereocenters. The first-order chi connectivity index (χ1) is 7.30. The lowest BCUT2D eigenvalue weighted by Gasteiger charge is -2.09. The smallest absolute Gasteiger partial charge is 0.469 e. The van der Waals surface area contributed by atoms with Crippen molar-refractivity contribution >= 4 is 5.97 Å². The van der Waals surface area contributed by atoms with Gasteiger partial charge in [-0.2, -0.15) is 0 Å². The Hall–Kier alpha value is -1.46. The number of carbonyl (C=O) groups excluding carboxylic acids is 1. The summed E-state index contributed by atoms with van der Waals surface area (Å²) in [5.74, 6) is -1.53. The molecule has 0 rings (SSSR count). The fraction of sp³-hybridized carbons (Fsp3) is 0.500. The molecule has 0 amide bonds. The highest BCUT2D eigenvalue weighted by atomic mass is 19.4. The van der Waals surface area contributed by atoms with Gasteiger partial charge in [0.15, 0.2) is 0 Å². The molecule has 0 aromatic heterocycles. The molecule has 0 saturated heterocycles. The fourth-order valence-electron chi connectivity index (χ4n) is 0.826. The maximum atomic E-state index is 11.9. The maximum absolute atomic E-state index is 11.9. The third-order valence-corrected chi connectivity index (χ3v) is 1.64. The summed E-state index contributed by atoms with van der Waals surface area (Å²) in [4.78, 5) is 10.9. The van der Waals surface area contributed by atoms with Crippen molar-refractivity contribution in [3.8, 4) is 0 Å². The highest BCUT2D eigenvalue weighted by molar-refractivity contribution is 5.73. The van der Waals surface area contributed by atoms with Gasteiger partial charge in [0.25, 0.3) is 0 Å². The predicted octanol–water partition coefficient (Wildman–Crippen LogP) is 2.79. The number of allylic oxidation sites excluding steroid dienone is 2. The molecular weight excluding hydrogens is 225 g/mol. The maximum Gasteiger partial charge on any atom is 0.573 e. The number of carbonyl (C=O) groups is 1. The van der Waals surface area contributed by atoms with E-state index in [1.165, 1.54) is 27.0 Å². The molecule has 16 heavy (non-hydrogen) atoms. The lowest BCUT2D eigenvalue weighted by molar-refractivity contribution is -0.303. The summed E-state index contributed by atoms with van der Waals surface area (Å²) in [5, 5.41) is 0. The Morgan fingerprint density at radius 2 is 1.94 bits per heavy atom. The third-order valence-electron chi connectivity index (χ3n) is 1.64. The van der Waals surface area contributed by atoms with E-state index in [4.69, 9.17) is 0 Å². The van der Waals surface area contributed by atoms with E-state index in [9.17, 15) is 18.0 Å². The second-order valence-corrected chi connectivity index (χ2v) is 2.91. The zero-order chi connectivity index (χ0) is 12.8. The quantitative estimate of drug-likeness (QED) is 0.429. The number of hydrogen-bond donors (Lipinski definition) is 0. The first-order valence-corrected chi connectivity index (χ1v) is 4.48. The molecule has 0 aliphatic carbocycles. The summed E-state index contributed by atoms with van der Waals surface area (Å²) in [5.41, 5.74) is 0. The van der Waals surface area contributed by atoms with Gasteiger partial charge < -0.3 is 9.47 Å². The Morgan fingerprint density at radius 3 is 2.31 bits per heavy atom. The van der Waals surface area contributed by atoms with Gasteiger partial charge in [-0.05, 0) is 26.0 Å². The SMILES string of the molecule is C/C=C(\C=C/C(C)C(=O)OC)OC(F)(F)F. The molecule has 0 fully saturated rings. The molecule has 1 unspecified atom stereocenters. The molecule has 0 aromatic rings. The van der Waals surface area contributed by atoms with Crippen LogP contribution in [0.25, 0.3) is 0 Å². The van der Waals surface area contributed by atoms with E-state index in [0.717, 1.165) is 12.2 Å². The van der Waals surface area contributed by atoms with Crippen LogP contribution in [0.1, 0.15) is 13.8 Å². The van der Waals surface area contributed by atoms with Crippen LogP contribution in [0.5, 0.6) is 0 Å². The van der Waals surface area contributed by atoms with E-state index in [1.807, 2.05) is 0 Å². The predicted molar refractivity (Wildman–Crippen MR) is 51.2 cm³/mol. The molecule has 0 aliphatic rings. The topological polar surface area (TPSA) is 35.5 Å². The molecule has 0 saturated carbocycles. The normalized spacial score (nSPS) is 15.0. The van der Waals surface area contributed by atoms with Gasteiger partial charge in [-0.25, -0.2) is 0 Å². The monoisotopic (exact) mass is 238 g/mol. The van der Waals surface area contributed by atoms with Crippen molar-refractivity contribution in [2.24, 2.45) is 5.92 Å². The Bertz CT molecular complexity index is 292. The number of rotatable bonds is 4. The Balaban J connectivity index is 4.45. The van der Waals surface area contributed by atoms with Crippen molar-refractivity contribution in [2.75, 3.05) is 7.11 Å². The molecule has 0 aromatic carbocycles. The third kappa shape index (κ3) is 6.10. The average Bonchev–Trinajstić information content (AvgIpc) is 2.20. The number of esters is 1. The van der Waals surface area contributed by atoms with Gasteiger partial charge in [-0.1, -0.05) is 6.08 Å². The average molecular weight is 238 g/mol. The molecule has 0 bridgehead atoms. The number of methoxy groups -OCH3 is 1. The second kappa shape index (κ2) is 6.19. The van der Waals surface area contributed by atoms with E-state index < -0.39 is 18.2 Å². The van der Waals surface area contributed by atoms with Crippen molar-refractivity contribution in [1.82, 2.24) is 0 Å². The van der Waals surface area contributed by atoms with Crippen molar-refractivity contribution in [2.45, 2.75) is 20.2 Å². The highest BCUT2D eigenvalue weighted by Gasteiger charge is 2.31. The summed E-state index contributed by atoms with van der Waals surface area (Å²) in [6.45, 7) is 2.90. The lowest BCUT2D eigenvalue weighted by Crippen LogP contribution is -2.13. The molecule has 0 spiro atoms. The van der Waals surface area contributed by atoms with E-state index >= 15 is 0 Å². The summed E-state index contributed by atoms with van der Waals surface area (Å²) in [6, 6.07) is 0. The second-order valence-electron chi connectivity index (χ2n) is 2.91. The summed E-state index contributed by atoms with van der Waals surface area (Å²) in [6.07, 6.45) is -1.24. The minimum Gasteiger partial charge on any atom is -0.469 e. The molecular formula is C10H13F3O3. The van der Waals surface area contributed by atoms with E-state index in [0.29, 0.717) is 0 Å². The summed E-state index contributed by atoms with van der Waals surface area (Å²) < 4.78 is 43.6. The van der Waals surface area contributed by atoms with Crippen LogP contribution in [-0.2, 0) is 14.3 Å².